The number of aromatic nitrogens is 2. The summed E-state index contributed by atoms with van der Waals surface area (Å²) in [4.78, 5) is 21.6. The molecule has 0 bridgehead atoms. The lowest BCUT2D eigenvalue weighted by Gasteiger charge is -2.32. The van der Waals surface area contributed by atoms with Gasteiger partial charge >= 0.3 is 6.03 Å². The normalized spacial score (nSPS) is 19.2. The Morgan fingerprint density at radius 1 is 1.59 bits per heavy atom. The number of rotatable bonds is 6. The van der Waals surface area contributed by atoms with Crippen LogP contribution in [-0.4, -0.2) is 52.2 Å². The number of aromatic amines is 1. The van der Waals surface area contributed by atoms with Crippen LogP contribution in [-0.2, 0) is 0 Å². The second-order valence-corrected chi connectivity index (χ2v) is 6.92. The average molecular weight is 308 g/mol. The molecule has 1 aliphatic rings. The minimum atomic E-state index is -0.0692. The van der Waals surface area contributed by atoms with Crippen molar-refractivity contribution in [3.05, 3.63) is 18.2 Å². The van der Waals surface area contributed by atoms with Gasteiger partial charge in [0.25, 0.3) is 0 Å². The summed E-state index contributed by atoms with van der Waals surface area (Å²) < 4.78 is 0. The molecule has 6 heteroatoms. The Kier molecular flexibility index (Phi) is 5.83. The van der Waals surface area contributed by atoms with Crippen molar-refractivity contribution in [2.24, 2.45) is 5.41 Å². The number of aliphatic hydroxyl groups excluding tert-OH is 1. The maximum Gasteiger partial charge on any atom is 0.317 e. The lowest BCUT2D eigenvalue weighted by atomic mass is 9.89. The molecule has 0 radical (unpaired) electrons. The van der Waals surface area contributed by atoms with Gasteiger partial charge in [-0.05, 0) is 31.1 Å². The highest BCUT2D eigenvalue weighted by Crippen LogP contribution is 2.24. The molecule has 1 unspecified atom stereocenters. The SMILES string of the molecule is CC(C)(CO)CCCNC(=O)N1CCCC(c2ncc[nH]2)C1. The monoisotopic (exact) mass is 308 g/mol. The molecule has 1 aliphatic heterocycles. The van der Waals surface area contributed by atoms with E-state index in [9.17, 15) is 9.90 Å². The highest BCUT2D eigenvalue weighted by Gasteiger charge is 2.26. The van der Waals surface area contributed by atoms with E-state index >= 15 is 0 Å². The molecule has 2 heterocycles. The number of H-pyrrole nitrogens is 1. The van der Waals surface area contributed by atoms with E-state index in [0.29, 0.717) is 12.5 Å². The number of carbonyl (C=O) groups is 1. The van der Waals surface area contributed by atoms with Gasteiger partial charge in [-0.2, -0.15) is 0 Å². The zero-order valence-corrected chi connectivity index (χ0v) is 13.6. The fraction of sp³-hybridized carbons (Fsp3) is 0.750. The molecule has 1 saturated heterocycles. The van der Waals surface area contributed by atoms with Crippen molar-refractivity contribution < 1.29 is 9.90 Å². The summed E-state index contributed by atoms with van der Waals surface area (Å²) in [5.41, 5.74) is -0.0692. The van der Waals surface area contributed by atoms with Crippen LogP contribution in [0.5, 0.6) is 0 Å². The van der Waals surface area contributed by atoms with Gasteiger partial charge in [0.1, 0.15) is 5.82 Å². The van der Waals surface area contributed by atoms with Gasteiger partial charge in [0.15, 0.2) is 0 Å². The van der Waals surface area contributed by atoms with Crippen molar-refractivity contribution in [1.82, 2.24) is 20.2 Å². The van der Waals surface area contributed by atoms with Crippen molar-refractivity contribution in [2.45, 2.75) is 45.4 Å². The van der Waals surface area contributed by atoms with Crippen LogP contribution in [0.15, 0.2) is 12.4 Å². The van der Waals surface area contributed by atoms with Crippen LogP contribution in [0.4, 0.5) is 4.79 Å². The molecule has 22 heavy (non-hydrogen) atoms. The van der Waals surface area contributed by atoms with Crippen LogP contribution in [0.25, 0.3) is 0 Å². The van der Waals surface area contributed by atoms with Crippen LogP contribution in [0.2, 0.25) is 0 Å². The van der Waals surface area contributed by atoms with Gasteiger partial charge < -0.3 is 20.3 Å². The topological polar surface area (TPSA) is 81.2 Å². The summed E-state index contributed by atoms with van der Waals surface area (Å²) in [5.74, 6) is 1.28. The largest absolute Gasteiger partial charge is 0.396 e. The molecule has 0 aliphatic carbocycles. The van der Waals surface area contributed by atoms with Gasteiger partial charge in [-0.3, -0.25) is 0 Å². The number of nitrogens with zero attached hydrogens (tertiary/aromatic N) is 2. The van der Waals surface area contributed by atoms with Gasteiger partial charge in [0.05, 0.1) is 0 Å². The van der Waals surface area contributed by atoms with E-state index in [1.54, 1.807) is 6.20 Å². The average Bonchev–Trinajstić information content (AvgIpc) is 3.06. The van der Waals surface area contributed by atoms with Crippen molar-refractivity contribution in [1.29, 1.82) is 0 Å². The Morgan fingerprint density at radius 2 is 2.41 bits per heavy atom. The van der Waals surface area contributed by atoms with E-state index in [1.165, 1.54) is 0 Å². The molecular formula is C16H28N4O2. The molecule has 6 nitrogen and oxygen atoms in total. The number of nitrogens with one attached hydrogen (secondary N) is 2. The minimum absolute atomic E-state index is 0.0121. The zero-order valence-electron chi connectivity index (χ0n) is 13.6. The molecule has 3 N–H and O–H groups in total. The summed E-state index contributed by atoms with van der Waals surface area (Å²) in [6.45, 7) is 6.44. The summed E-state index contributed by atoms with van der Waals surface area (Å²) >= 11 is 0. The van der Waals surface area contributed by atoms with Crippen LogP contribution in [0.3, 0.4) is 0 Å². The highest BCUT2D eigenvalue weighted by molar-refractivity contribution is 5.74. The first kappa shape index (κ1) is 16.8. The number of amides is 2. The van der Waals surface area contributed by atoms with E-state index in [1.807, 2.05) is 24.9 Å². The Hall–Kier alpha value is -1.56. The van der Waals surface area contributed by atoms with Crippen molar-refractivity contribution in [3.63, 3.8) is 0 Å². The second-order valence-electron chi connectivity index (χ2n) is 6.92. The highest BCUT2D eigenvalue weighted by atomic mass is 16.3. The third kappa shape index (κ3) is 4.73. The minimum Gasteiger partial charge on any atom is -0.396 e. The first-order valence-corrected chi connectivity index (χ1v) is 8.15. The van der Waals surface area contributed by atoms with Crippen molar-refractivity contribution >= 4 is 6.03 Å². The number of likely N-dealkylation sites (tertiary alicyclic amines) is 1. The van der Waals surface area contributed by atoms with E-state index in [0.717, 1.165) is 44.6 Å². The van der Waals surface area contributed by atoms with Crippen molar-refractivity contribution in [2.75, 3.05) is 26.2 Å². The molecule has 2 amide bonds. The van der Waals surface area contributed by atoms with Crippen molar-refractivity contribution in [3.8, 4) is 0 Å². The van der Waals surface area contributed by atoms with E-state index in [2.05, 4.69) is 15.3 Å². The predicted molar refractivity (Wildman–Crippen MR) is 85.6 cm³/mol. The Bertz CT molecular complexity index is 459. The Morgan fingerprint density at radius 3 is 3.09 bits per heavy atom. The van der Waals surface area contributed by atoms with Gasteiger partial charge in [0.2, 0.25) is 0 Å². The van der Waals surface area contributed by atoms with Crippen LogP contribution < -0.4 is 5.32 Å². The first-order chi connectivity index (χ1) is 10.5. The van der Waals surface area contributed by atoms with Gasteiger partial charge in [-0.15, -0.1) is 0 Å². The number of urea groups is 1. The number of imidazole rings is 1. The number of aliphatic hydroxyl groups is 1. The molecular weight excluding hydrogens is 280 g/mol. The summed E-state index contributed by atoms with van der Waals surface area (Å²) in [6, 6.07) is 0.0121. The quantitative estimate of drug-likeness (QED) is 0.704. The fourth-order valence-corrected chi connectivity index (χ4v) is 2.84. The number of hydrogen-bond donors (Lipinski definition) is 3. The summed E-state index contributed by atoms with van der Waals surface area (Å²) in [5, 5.41) is 12.2. The van der Waals surface area contributed by atoms with E-state index in [4.69, 9.17) is 0 Å². The van der Waals surface area contributed by atoms with Crippen LogP contribution in [0, 0.1) is 5.41 Å². The molecule has 0 aromatic carbocycles. The Balaban J connectivity index is 1.73. The Labute approximate surface area is 132 Å². The molecule has 1 aromatic rings. The van der Waals surface area contributed by atoms with E-state index < -0.39 is 0 Å². The zero-order chi connectivity index (χ0) is 16.0. The third-order valence-electron chi connectivity index (χ3n) is 4.35. The predicted octanol–water partition coefficient (Wildman–Crippen LogP) is 2.10. The molecule has 124 valence electrons. The van der Waals surface area contributed by atoms with Gasteiger partial charge in [-0.25, -0.2) is 9.78 Å². The lowest BCUT2D eigenvalue weighted by Crippen LogP contribution is -2.45. The molecule has 2 rings (SSSR count). The van der Waals surface area contributed by atoms with Crippen LogP contribution >= 0.6 is 0 Å². The number of piperidine rings is 1. The molecule has 0 saturated carbocycles. The van der Waals surface area contributed by atoms with Gasteiger partial charge in [0, 0.05) is 44.6 Å². The maximum absolute atomic E-state index is 12.2. The molecule has 0 spiro atoms. The fourth-order valence-electron chi connectivity index (χ4n) is 2.84. The maximum atomic E-state index is 12.2. The van der Waals surface area contributed by atoms with E-state index in [-0.39, 0.29) is 18.1 Å². The van der Waals surface area contributed by atoms with Crippen LogP contribution in [0.1, 0.15) is 51.3 Å². The molecule has 1 aromatic heterocycles. The second kappa shape index (κ2) is 7.63. The number of hydrogen-bond acceptors (Lipinski definition) is 3. The lowest BCUT2D eigenvalue weighted by molar-refractivity contribution is 0.147. The van der Waals surface area contributed by atoms with Gasteiger partial charge in [-0.1, -0.05) is 13.8 Å². The smallest absolute Gasteiger partial charge is 0.317 e. The molecule has 1 fully saturated rings. The standard InChI is InChI=1S/C16H28N4O2/c1-16(2,12-21)6-4-7-19-15(22)20-10-3-5-13(11-20)14-17-8-9-18-14/h8-9,13,21H,3-7,10-12H2,1-2H3,(H,17,18)(H,19,22). The molecule has 1 atom stereocenters. The first-order valence-electron chi connectivity index (χ1n) is 8.15. The summed E-state index contributed by atoms with van der Waals surface area (Å²) in [6.07, 6.45) is 7.46. The number of carbonyl (C=O) groups excluding carboxylic acids is 1. The third-order valence-corrected chi connectivity index (χ3v) is 4.35. The summed E-state index contributed by atoms with van der Waals surface area (Å²) in [7, 11) is 0.